The maximum absolute atomic E-state index is 13.1. The smallest absolute Gasteiger partial charge is 0.261 e. The molecule has 0 bridgehead atoms. The summed E-state index contributed by atoms with van der Waals surface area (Å²) in [6, 6.07) is 13.2. The maximum Gasteiger partial charge on any atom is 0.261 e. The van der Waals surface area contributed by atoms with Crippen molar-refractivity contribution in [2.75, 3.05) is 6.61 Å². The lowest BCUT2D eigenvalue weighted by Crippen LogP contribution is -2.50. The highest BCUT2D eigenvalue weighted by molar-refractivity contribution is 9.10. The Bertz CT molecular complexity index is 883. The van der Waals surface area contributed by atoms with Crippen LogP contribution >= 0.6 is 15.9 Å². The summed E-state index contributed by atoms with van der Waals surface area (Å²) in [5, 5.41) is 2.89. The number of carbonyl (C=O) groups excluding carboxylic acids is 2. The van der Waals surface area contributed by atoms with Gasteiger partial charge >= 0.3 is 0 Å². The Hall–Kier alpha value is -2.34. The molecule has 0 radical (unpaired) electrons. The highest BCUT2D eigenvalue weighted by Crippen LogP contribution is 2.26. The molecule has 162 valence electrons. The summed E-state index contributed by atoms with van der Waals surface area (Å²) in [6.45, 7) is 9.83. The van der Waals surface area contributed by atoms with Crippen LogP contribution in [0.1, 0.15) is 44.4 Å². The molecule has 2 amide bonds. The highest BCUT2D eigenvalue weighted by atomic mass is 79.9. The third-order valence-corrected chi connectivity index (χ3v) is 5.41. The number of nitrogens with zero attached hydrogens (tertiary/aromatic N) is 1. The number of hydrogen-bond acceptors (Lipinski definition) is 3. The van der Waals surface area contributed by atoms with Crippen LogP contribution in [-0.4, -0.2) is 35.4 Å². The van der Waals surface area contributed by atoms with Crippen LogP contribution in [0.2, 0.25) is 0 Å². The fourth-order valence-corrected chi connectivity index (χ4v) is 3.64. The van der Waals surface area contributed by atoms with Crippen LogP contribution in [0.5, 0.6) is 5.75 Å². The third-order valence-electron chi connectivity index (χ3n) is 4.79. The lowest BCUT2D eigenvalue weighted by atomic mass is 10.1. The minimum absolute atomic E-state index is 0.000146. The standard InChI is InChI=1S/C24H31BrN2O3/c1-6-19-10-11-22(21(25)13-19)30-15-23(28)27(18(5)24(29)26-16(2)3)14-20-9-7-8-17(4)12-20/h7-13,16,18H,6,14-15H2,1-5H3,(H,26,29)/t18-/m0/s1. The van der Waals surface area contributed by atoms with Gasteiger partial charge in [-0.3, -0.25) is 9.59 Å². The van der Waals surface area contributed by atoms with Crippen LogP contribution in [0.25, 0.3) is 0 Å². The Morgan fingerprint density at radius 1 is 1.10 bits per heavy atom. The molecule has 30 heavy (non-hydrogen) atoms. The SMILES string of the molecule is CCc1ccc(OCC(=O)N(Cc2cccc(C)c2)[C@@H](C)C(=O)NC(C)C)c(Br)c1. The number of rotatable bonds is 9. The topological polar surface area (TPSA) is 58.6 Å². The molecule has 6 heteroatoms. The minimum Gasteiger partial charge on any atom is -0.483 e. The number of aryl methyl sites for hydroxylation is 2. The van der Waals surface area contributed by atoms with Crippen molar-refractivity contribution in [1.29, 1.82) is 0 Å². The first-order valence-electron chi connectivity index (χ1n) is 10.3. The predicted molar refractivity (Wildman–Crippen MR) is 123 cm³/mol. The van der Waals surface area contributed by atoms with E-state index in [4.69, 9.17) is 4.74 Å². The molecule has 0 saturated carbocycles. The van der Waals surface area contributed by atoms with Crippen molar-refractivity contribution in [2.45, 2.75) is 59.7 Å². The summed E-state index contributed by atoms with van der Waals surface area (Å²) in [7, 11) is 0. The van der Waals surface area contributed by atoms with E-state index in [9.17, 15) is 9.59 Å². The fourth-order valence-electron chi connectivity index (χ4n) is 3.10. The zero-order valence-corrected chi connectivity index (χ0v) is 20.0. The third kappa shape index (κ3) is 6.87. The molecule has 5 nitrogen and oxygen atoms in total. The second-order valence-electron chi connectivity index (χ2n) is 7.76. The summed E-state index contributed by atoms with van der Waals surface area (Å²) in [5.74, 6) is 0.184. The van der Waals surface area contributed by atoms with Gasteiger partial charge in [-0.15, -0.1) is 0 Å². The number of benzene rings is 2. The van der Waals surface area contributed by atoms with Gasteiger partial charge in [0, 0.05) is 12.6 Å². The predicted octanol–water partition coefficient (Wildman–Crippen LogP) is 4.64. The minimum atomic E-state index is -0.616. The summed E-state index contributed by atoms with van der Waals surface area (Å²) >= 11 is 3.50. The zero-order valence-electron chi connectivity index (χ0n) is 18.4. The van der Waals surface area contributed by atoms with Gasteiger partial charge in [-0.05, 0) is 73.3 Å². The second-order valence-corrected chi connectivity index (χ2v) is 8.61. The van der Waals surface area contributed by atoms with E-state index < -0.39 is 6.04 Å². The van der Waals surface area contributed by atoms with Crippen LogP contribution in [-0.2, 0) is 22.6 Å². The lowest BCUT2D eigenvalue weighted by molar-refractivity contribution is -0.142. The second kappa shape index (κ2) is 11.2. The van der Waals surface area contributed by atoms with Gasteiger partial charge in [0.1, 0.15) is 11.8 Å². The van der Waals surface area contributed by atoms with Crippen molar-refractivity contribution in [3.63, 3.8) is 0 Å². The Kier molecular flexibility index (Phi) is 8.90. The van der Waals surface area contributed by atoms with E-state index in [2.05, 4.69) is 28.2 Å². The van der Waals surface area contributed by atoms with Crippen molar-refractivity contribution in [3.8, 4) is 5.75 Å². The molecule has 1 N–H and O–H groups in total. The van der Waals surface area contributed by atoms with Gasteiger partial charge in [0.2, 0.25) is 5.91 Å². The molecule has 0 aromatic heterocycles. The number of carbonyl (C=O) groups is 2. The van der Waals surface area contributed by atoms with E-state index in [0.29, 0.717) is 12.3 Å². The first-order valence-corrected chi connectivity index (χ1v) is 11.1. The van der Waals surface area contributed by atoms with E-state index in [0.717, 1.165) is 22.0 Å². The molecule has 2 aromatic carbocycles. The summed E-state index contributed by atoms with van der Waals surface area (Å²) in [5.41, 5.74) is 3.26. The first kappa shape index (κ1) is 23.9. The van der Waals surface area contributed by atoms with Gasteiger partial charge < -0.3 is 15.0 Å². The first-order chi connectivity index (χ1) is 14.2. The Morgan fingerprint density at radius 3 is 2.43 bits per heavy atom. The van der Waals surface area contributed by atoms with Gasteiger partial charge in [-0.2, -0.15) is 0 Å². The molecule has 0 aliphatic heterocycles. The van der Waals surface area contributed by atoms with Crippen molar-refractivity contribution < 1.29 is 14.3 Å². The van der Waals surface area contributed by atoms with Crippen LogP contribution < -0.4 is 10.1 Å². The Balaban J connectivity index is 2.17. The summed E-state index contributed by atoms with van der Waals surface area (Å²) in [6.07, 6.45) is 0.921. The summed E-state index contributed by atoms with van der Waals surface area (Å²) in [4.78, 5) is 27.2. The molecule has 0 spiro atoms. The van der Waals surface area contributed by atoms with Crippen LogP contribution in [0.4, 0.5) is 0 Å². The lowest BCUT2D eigenvalue weighted by Gasteiger charge is -2.29. The van der Waals surface area contributed by atoms with Gasteiger partial charge in [-0.25, -0.2) is 0 Å². The maximum atomic E-state index is 13.1. The quantitative estimate of drug-likeness (QED) is 0.575. The molecule has 0 aliphatic rings. The molecular weight excluding hydrogens is 444 g/mol. The van der Waals surface area contributed by atoms with Crippen molar-refractivity contribution in [3.05, 3.63) is 63.6 Å². The molecule has 0 saturated heterocycles. The van der Waals surface area contributed by atoms with Crippen LogP contribution in [0, 0.1) is 6.92 Å². The number of amides is 2. The fraction of sp³-hybridized carbons (Fsp3) is 0.417. The van der Waals surface area contributed by atoms with Crippen molar-refractivity contribution in [1.82, 2.24) is 10.2 Å². The van der Waals surface area contributed by atoms with E-state index in [1.165, 1.54) is 5.56 Å². The van der Waals surface area contributed by atoms with Gasteiger partial charge in [-0.1, -0.05) is 42.8 Å². The number of hydrogen-bond donors (Lipinski definition) is 1. The molecule has 0 aliphatic carbocycles. The normalized spacial score (nSPS) is 11.8. The van der Waals surface area contributed by atoms with Crippen LogP contribution in [0.3, 0.4) is 0 Å². The molecule has 0 heterocycles. The number of ether oxygens (including phenoxy) is 1. The molecule has 2 rings (SSSR count). The Morgan fingerprint density at radius 2 is 1.83 bits per heavy atom. The average molecular weight is 475 g/mol. The Labute approximate surface area is 187 Å². The largest absolute Gasteiger partial charge is 0.483 e. The summed E-state index contributed by atoms with van der Waals surface area (Å²) < 4.78 is 6.59. The number of nitrogens with one attached hydrogen (secondary N) is 1. The van der Waals surface area contributed by atoms with E-state index in [1.807, 2.05) is 63.2 Å². The van der Waals surface area contributed by atoms with Gasteiger partial charge in [0.25, 0.3) is 5.91 Å². The van der Waals surface area contributed by atoms with E-state index in [1.54, 1.807) is 11.8 Å². The van der Waals surface area contributed by atoms with E-state index >= 15 is 0 Å². The highest BCUT2D eigenvalue weighted by Gasteiger charge is 2.27. The zero-order chi connectivity index (χ0) is 22.3. The average Bonchev–Trinajstić information content (AvgIpc) is 2.69. The molecule has 1 atom stereocenters. The van der Waals surface area contributed by atoms with Gasteiger partial charge in [0.05, 0.1) is 4.47 Å². The van der Waals surface area contributed by atoms with Crippen LogP contribution in [0.15, 0.2) is 46.9 Å². The molecule has 2 aromatic rings. The number of halogens is 1. The van der Waals surface area contributed by atoms with Crippen molar-refractivity contribution >= 4 is 27.7 Å². The van der Waals surface area contributed by atoms with Gasteiger partial charge in [0.15, 0.2) is 6.61 Å². The molecule has 0 unspecified atom stereocenters. The monoisotopic (exact) mass is 474 g/mol. The molecular formula is C24H31BrN2O3. The molecule has 0 fully saturated rings. The van der Waals surface area contributed by atoms with E-state index in [-0.39, 0.29) is 24.5 Å². The van der Waals surface area contributed by atoms with Crippen molar-refractivity contribution in [2.24, 2.45) is 0 Å².